The Bertz CT molecular complexity index is 337. The van der Waals surface area contributed by atoms with Gasteiger partial charge in [0.25, 0.3) is 0 Å². The molecule has 0 bridgehead atoms. The Hall–Kier alpha value is -0.653. The molecule has 118 valence electrons. The van der Waals surface area contributed by atoms with E-state index < -0.39 is 26.3 Å². The maximum absolute atomic E-state index is 11.4. The minimum atomic E-state index is -1.97. The molecular weight excluding hydrogens is 272 g/mol. The molecule has 5 heteroatoms. The van der Waals surface area contributed by atoms with Crippen LogP contribution in [-0.4, -0.2) is 39.2 Å². The zero-order valence-electron chi connectivity index (χ0n) is 13.9. The summed E-state index contributed by atoms with van der Waals surface area (Å²) in [5, 5.41) is 9.97. The van der Waals surface area contributed by atoms with Crippen LogP contribution in [0.4, 0.5) is 0 Å². The molecule has 0 unspecified atom stereocenters. The van der Waals surface area contributed by atoms with Gasteiger partial charge in [-0.25, -0.2) is 4.79 Å². The highest BCUT2D eigenvalue weighted by atomic mass is 28.4. The Morgan fingerprint density at radius 2 is 1.90 bits per heavy atom. The summed E-state index contributed by atoms with van der Waals surface area (Å²) < 4.78 is 10.7. The van der Waals surface area contributed by atoms with Crippen molar-refractivity contribution in [2.75, 3.05) is 13.7 Å². The first-order valence-corrected chi connectivity index (χ1v) is 9.94. The van der Waals surface area contributed by atoms with Crippen LogP contribution in [-0.2, 0) is 14.0 Å². The zero-order valence-corrected chi connectivity index (χ0v) is 14.9. The van der Waals surface area contributed by atoms with Crippen LogP contribution in [0.1, 0.15) is 27.7 Å². The van der Waals surface area contributed by atoms with E-state index in [0.29, 0.717) is 5.92 Å². The summed E-state index contributed by atoms with van der Waals surface area (Å²) in [7, 11) is -0.718. The van der Waals surface area contributed by atoms with Gasteiger partial charge in [-0.2, -0.15) is 0 Å². The van der Waals surface area contributed by atoms with Gasteiger partial charge in [0.15, 0.2) is 14.4 Å². The predicted molar refractivity (Wildman–Crippen MR) is 84.0 cm³/mol. The summed E-state index contributed by atoms with van der Waals surface area (Å²) in [4.78, 5) is 11.4. The number of aliphatic hydroxyl groups is 1. The Kier molecular flexibility index (Phi) is 7.14. The lowest BCUT2D eigenvalue weighted by Crippen LogP contribution is -2.47. The quantitative estimate of drug-likeness (QED) is 0.425. The van der Waals surface area contributed by atoms with Crippen LogP contribution in [0.25, 0.3) is 0 Å². The van der Waals surface area contributed by atoms with Gasteiger partial charge < -0.3 is 14.3 Å². The van der Waals surface area contributed by atoms with Crippen LogP contribution in [0.5, 0.6) is 0 Å². The fourth-order valence-electron chi connectivity index (χ4n) is 1.77. The van der Waals surface area contributed by atoms with Crippen molar-refractivity contribution in [2.45, 2.75) is 51.9 Å². The molecule has 0 heterocycles. The van der Waals surface area contributed by atoms with Gasteiger partial charge >= 0.3 is 5.97 Å². The highest BCUT2D eigenvalue weighted by molar-refractivity contribution is 6.74. The van der Waals surface area contributed by atoms with E-state index in [-0.39, 0.29) is 11.6 Å². The molecule has 0 radical (unpaired) electrons. The molecule has 0 saturated carbocycles. The van der Waals surface area contributed by atoms with Crippen LogP contribution >= 0.6 is 0 Å². The fraction of sp³-hybridized carbons (Fsp3) is 0.800. The highest BCUT2D eigenvalue weighted by Crippen LogP contribution is 2.44. The van der Waals surface area contributed by atoms with Crippen LogP contribution in [0.15, 0.2) is 12.7 Å². The Morgan fingerprint density at radius 1 is 1.40 bits per heavy atom. The number of carbonyl (C=O) groups is 1. The summed E-state index contributed by atoms with van der Waals surface area (Å²) in [6.07, 6.45) is 0.332. The molecule has 0 rings (SSSR count). The molecule has 0 fully saturated rings. The van der Waals surface area contributed by atoms with Crippen molar-refractivity contribution in [3.63, 3.8) is 0 Å². The van der Waals surface area contributed by atoms with Crippen molar-refractivity contribution in [3.05, 3.63) is 12.7 Å². The largest absolute Gasteiger partial charge is 0.467 e. The molecule has 0 aliphatic rings. The molecule has 0 aromatic rings. The number of hydrogen-bond donors (Lipinski definition) is 1. The molecule has 1 N–H and O–H groups in total. The van der Waals surface area contributed by atoms with E-state index in [9.17, 15) is 9.90 Å². The van der Waals surface area contributed by atoms with Crippen molar-refractivity contribution >= 4 is 14.3 Å². The Morgan fingerprint density at radius 3 is 2.25 bits per heavy atom. The maximum atomic E-state index is 11.4. The minimum Gasteiger partial charge on any atom is -0.467 e. The van der Waals surface area contributed by atoms with Gasteiger partial charge in [0, 0.05) is 12.5 Å². The Balaban J connectivity index is 4.81. The number of ether oxygens (including phenoxy) is 1. The molecule has 0 aliphatic heterocycles. The molecule has 0 amide bonds. The lowest BCUT2D eigenvalue weighted by atomic mass is 9.99. The second kappa shape index (κ2) is 7.38. The van der Waals surface area contributed by atoms with Crippen molar-refractivity contribution < 1.29 is 19.1 Å². The fourth-order valence-corrected chi connectivity index (χ4v) is 4.14. The van der Waals surface area contributed by atoms with Crippen LogP contribution < -0.4 is 0 Å². The second-order valence-corrected chi connectivity index (χ2v) is 11.2. The molecular formula is C15H30O4Si. The SMILES string of the molecule is C=C[C@H](CO[Si](C)(C)C(C)(C)C(C)C)[C@H](O)C(=O)OC. The summed E-state index contributed by atoms with van der Waals surface area (Å²) in [6.45, 7) is 17.1. The van der Waals surface area contributed by atoms with Gasteiger partial charge in [0.2, 0.25) is 0 Å². The summed E-state index contributed by atoms with van der Waals surface area (Å²) in [6, 6.07) is 0. The van der Waals surface area contributed by atoms with Gasteiger partial charge in [-0.1, -0.05) is 33.8 Å². The summed E-state index contributed by atoms with van der Waals surface area (Å²) >= 11 is 0. The van der Waals surface area contributed by atoms with E-state index in [1.165, 1.54) is 7.11 Å². The lowest BCUT2D eigenvalue weighted by molar-refractivity contribution is -0.153. The highest BCUT2D eigenvalue weighted by Gasteiger charge is 2.43. The number of esters is 1. The van der Waals surface area contributed by atoms with E-state index in [1.807, 2.05) is 0 Å². The molecule has 2 atom stereocenters. The van der Waals surface area contributed by atoms with E-state index in [2.05, 4.69) is 52.1 Å². The minimum absolute atomic E-state index is 0.0922. The van der Waals surface area contributed by atoms with Crippen LogP contribution in [0.3, 0.4) is 0 Å². The molecule has 0 aliphatic carbocycles. The molecule has 0 saturated heterocycles. The van der Waals surface area contributed by atoms with E-state index in [1.54, 1.807) is 6.08 Å². The number of methoxy groups -OCH3 is 1. The summed E-state index contributed by atoms with van der Waals surface area (Å²) in [5.74, 6) is -0.602. The van der Waals surface area contributed by atoms with Crippen LogP contribution in [0, 0.1) is 11.8 Å². The van der Waals surface area contributed by atoms with Gasteiger partial charge in [-0.15, -0.1) is 6.58 Å². The van der Waals surface area contributed by atoms with E-state index in [0.717, 1.165) is 0 Å². The summed E-state index contributed by atoms with van der Waals surface area (Å²) in [5.41, 5.74) is 0. The molecule has 4 nitrogen and oxygen atoms in total. The third kappa shape index (κ3) is 4.43. The third-order valence-electron chi connectivity index (χ3n) is 4.78. The van der Waals surface area contributed by atoms with Gasteiger partial charge in [-0.05, 0) is 24.1 Å². The molecule has 0 spiro atoms. The van der Waals surface area contributed by atoms with E-state index >= 15 is 0 Å². The first-order chi connectivity index (χ1) is 9.01. The number of aliphatic hydroxyl groups excluding tert-OH is 1. The van der Waals surface area contributed by atoms with Gasteiger partial charge in [-0.3, -0.25) is 0 Å². The standard InChI is InChI=1S/C15H30O4Si/c1-9-12(13(16)14(17)18-6)10-19-20(7,8)15(4,5)11(2)3/h9,11-13,16H,1,10H2,2-8H3/t12-,13+/m1/s1. The number of carbonyl (C=O) groups excluding carboxylic acids is 1. The first-order valence-electron chi connectivity index (χ1n) is 7.03. The third-order valence-corrected chi connectivity index (χ3v) is 9.35. The molecule has 0 aromatic heterocycles. The maximum Gasteiger partial charge on any atom is 0.335 e. The average molecular weight is 302 g/mol. The monoisotopic (exact) mass is 302 g/mol. The zero-order chi connectivity index (χ0) is 16.1. The van der Waals surface area contributed by atoms with E-state index in [4.69, 9.17) is 4.43 Å². The molecule has 0 aromatic carbocycles. The number of rotatable bonds is 8. The van der Waals surface area contributed by atoms with Crippen molar-refractivity contribution in [2.24, 2.45) is 11.8 Å². The molecule has 20 heavy (non-hydrogen) atoms. The van der Waals surface area contributed by atoms with Crippen molar-refractivity contribution in [1.82, 2.24) is 0 Å². The Labute approximate surface area is 124 Å². The van der Waals surface area contributed by atoms with Crippen molar-refractivity contribution in [3.8, 4) is 0 Å². The topological polar surface area (TPSA) is 55.8 Å². The number of hydrogen-bond acceptors (Lipinski definition) is 4. The second-order valence-electron chi connectivity index (χ2n) is 6.57. The van der Waals surface area contributed by atoms with Gasteiger partial charge in [0.05, 0.1) is 7.11 Å². The lowest BCUT2D eigenvalue weighted by Gasteiger charge is -2.43. The smallest absolute Gasteiger partial charge is 0.335 e. The normalized spacial score (nSPS) is 15.8. The predicted octanol–water partition coefficient (Wildman–Crippen LogP) is 2.98. The van der Waals surface area contributed by atoms with Crippen LogP contribution in [0.2, 0.25) is 18.1 Å². The average Bonchev–Trinajstić information content (AvgIpc) is 2.37. The van der Waals surface area contributed by atoms with Gasteiger partial charge in [0.1, 0.15) is 0 Å². The first kappa shape index (κ1) is 19.3. The van der Waals surface area contributed by atoms with Crippen molar-refractivity contribution in [1.29, 1.82) is 0 Å².